The molecule has 174 valence electrons. The number of hydrogen-bond acceptors (Lipinski definition) is 8. The molecule has 0 saturated carbocycles. The van der Waals surface area contributed by atoms with Crippen LogP contribution in [0.2, 0.25) is 0 Å². The summed E-state index contributed by atoms with van der Waals surface area (Å²) < 4.78 is 18.1. The minimum atomic E-state index is -0.365. The van der Waals surface area contributed by atoms with Crippen molar-refractivity contribution in [1.29, 1.82) is 0 Å². The van der Waals surface area contributed by atoms with E-state index >= 15 is 0 Å². The van der Waals surface area contributed by atoms with Gasteiger partial charge in [-0.1, -0.05) is 36.0 Å². The molecule has 33 heavy (non-hydrogen) atoms. The number of esters is 1. The number of rotatable bonds is 12. The van der Waals surface area contributed by atoms with Gasteiger partial charge in [-0.15, -0.1) is 10.2 Å². The second-order valence-corrected chi connectivity index (χ2v) is 7.95. The Hall–Kier alpha value is -3.33. The number of carbonyl (C=O) groups is 2. The summed E-state index contributed by atoms with van der Waals surface area (Å²) in [6.07, 6.45) is 0.278. The van der Waals surface area contributed by atoms with Crippen molar-refractivity contribution < 1.29 is 23.8 Å². The number of para-hydroxylation sites is 2. The minimum Gasteiger partial charge on any atom is -0.493 e. The van der Waals surface area contributed by atoms with Crippen LogP contribution in [-0.2, 0) is 29.1 Å². The van der Waals surface area contributed by atoms with E-state index in [4.69, 9.17) is 14.2 Å². The molecule has 3 rings (SSSR count). The normalized spacial score (nSPS) is 10.6. The Morgan fingerprint density at radius 3 is 2.39 bits per heavy atom. The largest absolute Gasteiger partial charge is 0.493 e. The second-order valence-electron chi connectivity index (χ2n) is 7.00. The Labute approximate surface area is 197 Å². The van der Waals surface area contributed by atoms with Crippen molar-refractivity contribution in [1.82, 2.24) is 14.8 Å². The summed E-state index contributed by atoms with van der Waals surface area (Å²) in [5.74, 6) is 1.91. The first kappa shape index (κ1) is 24.3. The van der Waals surface area contributed by atoms with Crippen LogP contribution in [0.1, 0.15) is 35.6 Å². The number of thioether (sulfide) groups is 1. The van der Waals surface area contributed by atoms with Gasteiger partial charge in [0.15, 0.2) is 22.5 Å². The fraction of sp³-hybridized carbons (Fsp3) is 0.333. The Kier molecular flexibility index (Phi) is 8.88. The molecule has 0 aliphatic rings. The number of hydrogen-bond donors (Lipinski definition) is 0. The Morgan fingerprint density at radius 1 is 1.00 bits per heavy atom. The highest BCUT2D eigenvalue weighted by Crippen LogP contribution is 2.27. The van der Waals surface area contributed by atoms with Crippen molar-refractivity contribution in [2.45, 2.75) is 38.6 Å². The van der Waals surface area contributed by atoms with E-state index in [2.05, 4.69) is 10.2 Å². The smallest absolute Gasteiger partial charge is 0.338 e. The van der Waals surface area contributed by atoms with Crippen LogP contribution >= 0.6 is 11.8 Å². The second kappa shape index (κ2) is 12.1. The maximum atomic E-state index is 12.5. The third-order valence-electron chi connectivity index (χ3n) is 4.76. The molecule has 8 nitrogen and oxygen atoms in total. The van der Waals surface area contributed by atoms with Gasteiger partial charge in [-0.2, -0.15) is 0 Å². The van der Waals surface area contributed by atoms with E-state index in [1.54, 1.807) is 38.3 Å². The summed E-state index contributed by atoms with van der Waals surface area (Å²) in [7, 11) is 1.59. The predicted molar refractivity (Wildman–Crippen MR) is 125 cm³/mol. The summed E-state index contributed by atoms with van der Waals surface area (Å²) in [5, 5.41) is 9.13. The van der Waals surface area contributed by atoms with Gasteiger partial charge in [0.2, 0.25) is 0 Å². The highest BCUT2D eigenvalue weighted by molar-refractivity contribution is 7.99. The molecule has 0 aliphatic heterocycles. The van der Waals surface area contributed by atoms with Crippen LogP contribution in [0.5, 0.6) is 11.5 Å². The van der Waals surface area contributed by atoms with E-state index in [-0.39, 0.29) is 30.5 Å². The third kappa shape index (κ3) is 6.58. The number of benzene rings is 2. The quantitative estimate of drug-likeness (QED) is 0.291. The molecule has 9 heteroatoms. The number of ether oxygens (including phenoxy) is 3. The molecule has 0 aliphatic carbocycles. The maximum absolute atomic E-state index is 12.5. The van der Waals surface area contributed by atoms with Crippen LogP contribution in [0.25, 0.3) is 0 Å². The Balaban J connectivity index is 1.55. The molecule has 0 spiro atoms. The summed E-state index contributed by atoms with van der Waals surface area (Å²) in [6, 6.07) is 14.3. The molecule has 1 heterocycles. The average molecular weight is 470 g/mol. The highest BCUT2D eigenvalue weighted by Gasteiger charge is 2.15. The molecule has 3 aromatic rings. The number of nitrogens with zero attached hydrogens (tertiary/aromatic N) is 3. The van der Waals surface area contributed by atoms with Crippen LogP contribution in [0, 0.1) is 0 Å². The van der Waals surface area contributed by atoms with E-state index in [0.29, 0.717) is 41.2 Å². The summed E-state index contributed by atoms with van der Waals surface area (Å²) in [6.45, 7) is 4.98. The number of methoxy groups -OCH3 is 1. The molecular formula is C24H27N3O5S. The van der Waals surface area contributed by atoms with Crippen LogP contribution in [0.3, 0.4) is 0 Å². The van der Waals surface area contributed by atoms with Crippen LogP contribution < -0.4 is 9.47 Å². The molecule has 0 saturated heterocycles. The van der Waals surface area contributed by atoms with Crippen molar-refractivity contribution in [2.24, 2.45) is 0 Å². The van der Waals surface area contributed by atoms with Crippen molar-refractivity contribution in [3.8, 4) is 11.5 Å². The van der Waals surface area contributed by atoms with E-state index in [9.17, 15) is 9.59 Å². The van der Waals surface area contributed by atoms with Gasteiger partial charge in [0.25, 0.3) is 0 Å². The van der Waals surface area contributed by atoms with Crippen LogP contribution in [0.4, 0.5) is 0 Å². The summed E-state index contributed by atoms with van der Waals surface area (Å²) in [4.78, 5) is 24.2. The molecule has 0 fully saturated rings. The minimum absolute atomic E-state index is 0.0568. The standard InChI is InChI=1S/C24H27N3O5S/c1-4-27-22(15-32-21-9-7-6-8-20(21)30-3)25-26-24(27)33-16-19(28)14-17-10-12-18(13-11-17)23(29)31-5-2/h6-13H,4-5,14-16H2,1-3H3. The molecule has 0 atom stereocenters. The van der Waals surface area contributed by atoms with Gasteiger partial charge in [-0.25, -0.2) is 4.79 Å². The fourth-order valence-electron chi connectivity index (χ4n) is 3.13. The summed E-state index contributed by atoms with van der Waals surface area (Å²) >= 11 is 1.35. The van der Waals surface area contributed by atoms with E-state index in [0.717, 1.165) is 5.56 Å². The monoisotopic (exact) mass is 469 g/mol. The molecule has 0 N–H and O–H groups in total. The lowest BCUT2D eigenvalue weighted by atomic mass is 10.1. The molecule has 0 bridgehead atoms. The number of aromatic nitrogens is 3. The zero-order valence-corrected chi connectivity index (χ0v) is 19.8. The molecule has 1 aromatic heterocycles. The first-order valence-corrected chi connectivity index (χ1v) is 11.6. The van der Waals surface area contributed by atoms with E-state index in [1.165, 1.54) is 11.8 Å². The molecule has 0 unspecified atom stereocenters. The first-order valence-electron chi connectivity index (χ1n) is 10.6. The van der Waals surface area contributed by atoms with Crippen molar-refractivity contribution >= 4 is 23.5 Å². The number of ketones is 1. The SMILES string of the molecule is CCOC(=O)c1ccc(CC(=O)CSc2nnc(COc3ccccc3OC)n2CC)cc1. The average Bonchev–Trinajstić information content (AvgIpc) is 3.24. The van der Waals surface area contributed by atoms with E-state index < -0.39 is 0 Å². The zero-order chi connectivity index (χ0) is 23.6. The number of Topliss-reactive ketones (excluding diaryl/α,β-unsaturated/α-hetero) is 1. The molecular weight excluding hydrogens is 442 g/mol. The molecule has 0 radical (unpaired) electrons. The van der Waals surface area contributed by atoms with Crippen LogP contribution in [-0.4, -0.2) is 46.0 Å². The fourth-order valence-corrected chi connectivity index (χ4v) is 4.01. The zero-order valence-electron chi connectivity index (χ0n) is 18.9. The Morgan fingerprint density at radius 2 is 1.73 bits per heavy atom. The van der Waals surface area contributed by atoms with Crippen molar-refractivity contribution in [3.05, 3.63) is 65.5 Å². The highest BCUT2D eigenvalue weighted by atomic mass is 32.2. The van der Waals surface area contributed by atoms with Gasteiger partial charge < -0.3 is 18.8 Å². The maximum Gasteiger partial charge on any atom is 0.338 e. The molecule has 2 aromatic carbocycles. The third-order valence-corrected chi connectivity index (χ3v) is 5.79. The van der Waals surface area contributed by atoms with Crippen molar-refractivity contribution in [3.63, 3.8) is 0 Å². The van der Waals surface area contributed by atoms with Gasteiger partial charge in [0.05, 0.1) is 25.0 Å². The topological polar surface area (TPSA) is 92.5 Å². The van der Waals surface area contributed by atoms with Gasteiger partial charge in [-0.3, -0.25) is 4.79 Å². The predicted octanol–water partition coefficient (Wildman–Crippen LogP) is 3.97. The molecule has 0 amide bonds. The van der Waals surface area contributed by atoms with Crippen LogP contribution in [0.15, 0.2) is 53.7 Å². The van der Waals surface area contributed by atoms with Gasteiger partial charge in [-0.05, 0) is 43.7 Å². The lowest BCUT2D eigenvalue weighted by molar-refractivity contribution is -0.116. The van der Waals surface area contributed by atoms with Crippen molar-refractivity contribution in [2.75, 3.05) is 19.5 Å². The van der Waals surface area contributed by atoms with Gasteiger partial charge >= 0.3 is 5.97 Å². The Bertz CT molecular complexity index is 1080. The lowest BCUT2D eigenvalue weighted by Gasteiger charge is -2.11. The summed E-state index contributed by atoms with van der Waals surface area (Å²) in [5.41, 5.74) is 1.32. The van der Waals surface area contributed by atoms with Gasteiger partial charge in [0.1, 0.15) is 12.4 Å². The lowest BCUT2D eigenvalue weighted by Crippen LogP contribution is -2.10. The van der Waals surface area contributed by atoms with Gasteiger partial charge in [0, 0.05) is 13.0 Å². The first-order chi connectivity index (χ1) is 16.0. The van der Waals surface area contributed by atoms with E-state index in [1.807, 2.05) is 35.8 Å². The number of carbonyl (C=O) groups excluding carboxylic acids is 2.